The molecular formula is C24H21Cl2N5S. The van der Waals surface area contributed by atoms with Crippen LogP contribution in [0.5, 0.6) is 0 Å². The molecule has 0 spiro atoms. The maximum absolute atomic E-state index is 9.76. The van der Waals surface area contributed by atoms with Crippen LogP contribution in [0.25, 0.3) is 0 Å². The molecule has 162 valence electrons. The summed E-state index contributed by atoms with van der Waals surface area (Å²) in [5.41, 5.74) is 5.11. The van der Waals surface area contributed by atoms with Crippen molar-refractivity contribution in [1.82, 2.24) is 20.0 Å². The first-order valence-electron chi connectivity index (χ1n) is 10.1. The summed E-state index contributed by atoms with van der Waals surface area (Å²) in [6, 6.07) is 20.2. The van der Waals surface area contributed by atoms with Crippen LogP contribution in [0.3, 0.4) is 0 Å². The SMILES string of the molecule is Cn1nc(CSc2ccccc2)c(CCc2n[nH]c(Cc3cccc(Cl)c3)c2C#N)c1Cl. The fraction of sp³-hybridized carbons (Fsp3) is 0.208. The summed E-state index contributed by atoms with van der Waals surface area (Å²) in [5, 5.41) is 23.1. The number of aryl methyl sites for hydroxylation is 2. The lowest BCUT2D eigenvalue weighted by Crippen LogP contribution is -1.98. The molecule has 0 aliphatic carbocycles. The van der Waals surface area contributed by atoms with E-state index in [0.717, 1.165) is 34.0 Å². The van der Waals surface area contributed by atoms with E-state index in [1.54, 1.807) is 16.4 Å². The molecule has 0 saturated heterocycles. The maximum atomic E-state index is 9.76. The minimum absolute atomic E-state index is 0.572. The molecular weight excluding hydrogens is 461 g/mol. The van der Waals surface area contributed by atoms with Gasteiger partial charge in [-0.3, -0.25) is 9.78 Å². The number of hydrogen-bond acceptors (Lipinski definition) is 4. The molecule has 0 bridgehead atoms. The van der Waals surface area contributed by atoms with Gasteiger partial charge in [-0.05, 0) is 42.7 Å². The van der Waals surface area contributed by atoms with Gasteiger partial charge in [-0.15, -0.1) is 11.8 Å². The van der Waals surface area contributed by atoms with Gasteiger partial charge in [0.2, 0.25) is 0 Å². The highest BCUT2D eigenvalue weighted by Gasteiger charge is 2.18. The highest BCUT2D eigenvalue weighted by atomic mass is 35.5. The van der Waals surface area contributed by atoms with E-state index in [2.05, 4.69) is 33.5 Å². The number of aromatic nitrogens is 4. The molecule has 1 N–H and O–H groups in total. The summed E-state index contributed by atoms with van der Waals surface area (Å²) in [4.78, 5) is 1.19. The number of hydrogen-bond donors (Lipinski definition) is 1. The van der Waals surface area contributed by atoms with Crippen LogP contribution in [-0.4, -0.2) is 20.0 Å². The van der Waals surface area contributed by atoms with Gasteiger partial charge < -0.3 is 0 Å². The molecule has 5 nitrogen and oxygen atoms in total. The molecule has 2 heterocycles. The zero-order valence-electron chi connectivity index (χ0n) is 17.5. The van der Waals surface area contributed by atoms with Crippen LogP contribution in [0.4, 0.5) is 0 Å². The van der Waals surface area contributed by atoms with E-state index in [9.17, 15) is 5.26 Å². The van der Waals surface area contributed by atoms with Gasteiger partial charge in [0.25, 0.3) is 0 Å². The van der Waals surface area contributed by atoms with E-state index >= 15 is 0 Å². The Hall–Kier alpha value is -2.72. The van der Waals surface area contributed by atoms with Gasteiger partial charge in [-0.1, -0.05) is 53.5 Å². The van der Waals surface area contributed by atoms with Gasteiger partial charge in [-0.2, -0.15) is 15.5 Å². The predicted molar refractivity (Wildman–Crippen MR) is 129 cm³/mol. The normalized spacial score (nSPS) is 10.9. The van der Waals surface area contributed by atoms with Crippen LogP contribution in [0.2, 0.25) is 10.2 Å². The molecule has 0 amide bonds. The van der Waals surface area contributed by atoms with Crippen molar-refractivity contribution in [2.75, 3.05) is 0 Å². The van der Waals surface area contributed by atoms with Gasteiger partial charge in [0.05, 0.1) is 22.6 Å². The summed E-state index contributed by atoms with van der Waals surface area (Å²) < 4.78 is 1.71. The third kappa shape index (κ3) is 5.18. The Morgan fingerprint density at radius 3 is 2.62 bits per heavy atom. The highest BCUT2D eigenvalue weighted by Crippen LogP contribution is 2.28. The molecule has 0 fully saturated rings. The van der Waals surface area contributed by atoms with Gasteiger partial charge >= 0.3 is 0 Å². The highest BCUT2D eigenvalue weighted by molar-refractivity contribution is 7.98. The minimum atomic E-state index is 0.572. The zero-order valence-corrected chi connectivity index (χ0v) is 19.8. The number of nitrogens with zero attached hydrogens (tertiary/aromatic N) is 4. The molecule has 0 radical (unpaired) electrons. The summed E-state index contributed by atoms with van der Waals surface area (Å²) in [6.45, 7) is 0. The Balaban J connectivity index is 1.49. The quantitative estimate of drug-likeness (QED) is 0.313. The van der Waals surface area contributed by atoms with Gasteiger partial charge in [-0.25, -0.2) is 0 Å². The first-order chi connectivity index (χ1) is 15.5. The number of rotatable bonds is 8. The minimum Gasteiger partial charge on any atom is -0.281 e. The molecule has 0 atom stereocenters. The summed E-state index contributed by atoms with van der Waals surface area (Å²) in [6.07, 6.45) is 1.83. The van der Waals surface area contributed by atoms with Crippen molar-refractivity contribution in [3.63, 3.8) is 0 Å². The van der Waals surface area contributed by atoms with E-state index in [4.69, 9.17) is 23.2 Å². The summed E-state index contributed by atoms with van der Waals surface area (Å²) in [5.74, 6) is 0.728. The average Bonchev–Trinajstić information content (AvgIpc) is 3.31. The number of halogens is 2. The summed E-state index contributed by atoms with van der Waals surface area (Å²) >= 11 is 14.4. The molecule has 0 aliphatic rings. The lowest BCUT2D eigenvalue weighted by molar-refractivity contribution is 0.755. The van der Waals surface area contributed by atoms with Gasteiger partial charge in [0, 0.05) is 34.7 Å². The van der Waals surface area contributed by atoms with Gasteiger partial charge in [0.1, 0.15) is 11.2 Å². The molecule has 8 heteroatoms. The van der Waals surface area contributed by atoms with E-state index in [1.807, 2.05) is 49.5 Å². The second kappa shape index (κ2) is 10.3. The molecule has 0 aliphatic heterocycles. The lowest BCUT2D eigenvalue weighted by atomic mass is 10.0. The molecule has 2 aromatic heterocycles. The van der Waals surface area contributed by atoms with Crippen LogP contribution in [0, 0.1) is 11.3 Å². The number of H-pyrrole nitrogens is 1. The van der Waals surface area contributed by atoms with Gasteiger partial charge in [0.15, 0.2) is 0 Å². The third-order valence-corrected chi connectivity index (χ3v) is 6.91. The number of thioether (sulfide) groups is 1. The number of nitriles is 1. The molecule has 2 aromatic carbocycles. The van der Waals surface area contributed by atoms with E-state index in [1.165, 1.54) is 4.90 Å². The summed E-state index contributed by atoms with van der Waals surface area (Å²) in [7, 11) is 1.85. The Morgan fingerprint density at radius 1 is 1.06 bits per heavy atom. The molecule has 4 aromatic rings. The fourth-order valence-corrected chi connectivity index (χ4v) is 4.93. The van der Waals surface area contributed by atoms with E-state index in [-0.39, 0.29) is 0 Å². The second-order valence-corrected chi connectivity index (χ2v) is 9.23. The van der Waals surface area contributed by atoms with Crippen molar-refractivity contribution in [2.45, 2.75) is 29.9 Å². The van der Waals surface area contributed by atoms with Crippen LogP contribution < -0.4 is 0 Å². The zero-order chi connectivity index (χ0) is 22.5. The van der Waals surface area contributed by atoms with Crippen molar-refractivity contribution in [3.8, 4) is 6.07 Å². The van der Waals surface area contributed by atoms with Crippen LogP contribution in [-0.2, 0) is 32.1 Å². The maximum Gasteiger partial charge on any atom is 0.130 e. The van der Waals surface area contributed by atoms with Crippen molar-refractivity contribution in [3.05, 3.63) is 98.5 Å². The van der Waals surface area contributed by atoms with E-state index in [0.29, 0.717) is 35.0 Å². The van der Waals surface area contributed by atoms with Crippen LogP contribution >= 0.6 is 35.0 Å². The van der Waals surface area contributed by atoms with Crippen molar-refractivity contribution in [1.29, 1.82) is 5.26 Å². The molecule has 4 rings (SSSR count). The Bertz CT molecular complexity index is 1260. The predicted octanol–water partition coefficient (Wildman–Crippen LogP) is 5.99. The second-order valence-electron chi connectivity index (χ2n) is 7.38. The number of aromatic amines is 1. The van der Waals surface area contributed by atoms with Crippen LogP contribution in [0.1, 0.15) is 33.8 Å². The monoisotopic (exact) mass is 481 g/mol. The fourth-order valence-electron chi connectivity index (χ4n) is 3.59. The Labute approximate surface area is 201 Å². The molecule has 0 unspecified atom stereocenters. The van der Waals surface area contributed by atoms with Crippen LogP contribution in [0.15, 0.2) is 59.5 Å². The lowest BCUT2D eigenvalue weighted by Gasteiger charge is -2.04. The van der Waals surface area contributed by atoms with E-state index < -0.39 is 0 Å². The molecule has 0 saturated carbocycles. The number of nitrogens with one attached hydrogen (secondary N) is 1. The largest absolute Gasteiger partial charge is 0.281 e. The van der Waals surface area contributed by atoms with Crippen molar-refractivity contribution >= 4 is 35.0 Å². The standard InChI is InChI=1S/C24H21Cl2N5S/c1-31-24(26)19(23(30-31)15-32-18-8-3-2-4-9-18)10-11-21-20(14-27)22(29-28-21)13-16-6-5-7-17(25)12-16/h2-9,12H,10-11,13,15H2,1H3,(H,28,29). The first kappa shape index (κ1) is 22.5. The first-order valence-corrected chi connectivity index (χ1v) is 11.9. The Kier molecular flexibility index (Phi) is 7.21. The van der Waals surface area contributed by atoms with Crippen molar-refractivity contribution in [2.24, 2.45) is 7.05 Å². The average molecular weight is 482 g/mol. The topological polar surface area (TPSA) is 70.3 Å². The third-order valence-electron chi connectivity index (χ3n) is 5.18. The molecule has 32 heavy (non-hydrogen) atoms. The number of benzene rings is 2. The Morgan fingerprint density at radius 2 is 1.88 bits per heavy atom. The smallest absolute Gasteiger partial charge is 0.130 e. The van der Waals surface area contributed by atoms with Crippen molar-refractivity contribution < 1.29 is 0 Å².